The monoisotopic (exact) mass is 326 g/mol. The van der Waals surface area contributed by atoms with Crippen LogP contribution in [0.4, 0.5) is 5.69 Å². The van der Waals surface area contributed by atoms with E-state index in [4.69, 9.17) is 4.74 Å². The minimum Gasteiger partial charge on any atom is -0.493 e. The van der Waals surface area contributed by atoms with Crippen LogP contribution in [-0.2, 0) is 0 Å². The summed E-state index contributed by atoms with van der Waals surface area (Å²) in [5, 5.41) is 5.37. The van der Waals surface area contributed by atoms with Crippen LogP contribution >= 0.6 is 0 Å². The highest BCUT2D eigenvalue weighted by molar-refractivity contribution is 6.06. The molecule has 0 aromatic heterocycles. The summed E-state index contributed by atoms with van der Waals surface area (Å²) in [7, 11) is 1.57. The second kappa shape index (κ2) is 8.72. The lowest BCUT2D eigenvalue weighted by Crippen LogP contribution is -2.18. The van der Waals surface area contributed by atoms with Crippen LogP contribution in [0.5, 0.6) is 5.75 Å². The van der Waals surface area contributed by atoms with E-state index >= 15 is 0 Å². The molecule has 0 atom stereocenters. The lowest BCUT2D eigenvalue weighted by Gasteiger charge is -2.12. The number of hydrogen-bond acceptors (Lipinski definition) is 3. The van der Waals surface area contributed by atoms with E-state index in [1.807, 2.05) is 6.07 Å². The van der Waals surface area contributed by atoms with Gasteiger partial charge in [0.05, 0.1) is 12.2 Å². The van der Waals surface area contributed by atoms with Gasteiger partial charge in [0.25, 0.3) is 11.8 Å². The molecule has 0 unspecified atom stereocenters. The Labute approximate surface area is 142 Å². The number of rotatable bonds is 7. The van der Waals surface area contributed by atoms with Crippen LogP contribution in [0.1, 0.15) is 40.5 Å². The molecule has 0 radical (unpaired) electrons. The van der Waals surface area contributed by atoms with Crippen molar-refractivity contribution in [2.24, 2.45) is 0 Å². The summed E-state index contributed by atoms with van der Waals surface area (Å²) in [6.45, 7) is 2.66. The first-order chi connectivity index (χ1) is 11.7. The summed E-state index contributed by atoms with van der Waals surface area (Å²) < 4.78 is 5.69. The minimum atomic E-state index is -0.267. The Bertz CT molecular complexity index is 713. The molecule has 0 heterocycles. The Balaban J connectivity index is 2.14. The van der Waals surface area contributed by atoms with Crippen molar-refractivity contribution in [2.75, 3.05) is 19.0 Å². The third-order valence-electron chi connectivity index (χ3n) is 3.50. The standard InChI is InChI=1S/C19H22N2O3/c1-3-4-12-24-17-11-6-5-10-16(17)19(23)21-15-9-7-8-14(13-15)18(22)20-2/h5-11,13H,3-4,12H2,1-2H3,(H,20,22)(H,21,23). The molecule has 0 aliphatic carbocycles. The molecule has 24 heavy (non-hydrogen) atoms. The van der Waals surface area contributed by atoms with Crippen molar-refractivity contribution in [2.45, 2.75) is 19.8 Å². The molecule has 2 aromatic rings. The minimum absolute atomic E-state index is 0.200. The van der Waals surface area contributed by atoms with Gasteiger partial charge in [-0.3, -0.25) is 9.59 Å². The van der Waals surface area contributed by atoms with Crippen molar-refractivity contribution in [1.29, 1.82) is 0 Å². The molecular weight excluding hydrogens is 304 g/mol. The number of anilines is 1. The van der Waals surface area contributed by atoms with E-state index in [0.29, 0.717) is 29.2 Å². The van der Waals surface area contributed by atoms with E-state index in [9.17, 15) is 9.59 Å². The lowest BCUT2D eigenvalue weighted by molar-refractivity contribution is 0.0961. The number of hydrogen-bond donors (Lipinski definition) is 2. The number of unbranched alkanes of at least 4 members (excludes halogenated alkanes) is 1. The molecule has 0 fully saturated rings. The molecule has 0 aliphatic rings. The predicted octanol–water partition coefficient (Wildman–Crippen LogP) is 3.48. The molecular formula is C19H22N2O3. The molecule has 2 aromatic carbocycles. The quantitative estimate of drug-likeness (QED) is 0.766. The molecule has 0 aliphatic heterocycles. The Morgan fingerprint density at radius 3 is 2.58 bits per heavy atom. The summed E-state index contributed by atoms with van der Waals surface area (Å²) in [5.41, 5.74) is 1.52. The van der Waals surface area contributed by atoms with Gasteiger partial charge in [-0.15, -0.1) is 0 Å². The maximum Gasteiger partial charge on any atom is 0.259 e. The van der Waals surface area contributed by atoms with E-state index in [0.717, 1.165) is 12.8 Å². The van der Waals surface area contributed by atoms with E-state index < -0.39 is 0 Å². The van der Waals surface area contributed by atoms with Crippen LogP contribution in [-0.4, -0.2) is 25.5 Å². The first-order valence-corrected chi connectivity index (χ1v) is 8.01. The zero-order chi connectivity index (χ0) is 17.4. The Kier molecular flexibility index (Phi) is 6.37. The maximum atomic E-state index is 12.5. The smallest absolute Gasteiger partial charge is 0.259 e. The molecule has 2 rings (SSSR count). The zero-order valence-corrected chi connectivity index (χ0v) is 14.0. The average molecular weight is 326 g/mol. The molecule has 126 valence electrons. The molecule has 0 spiro atoms. The van der Waals surface area contributed by atoms with E-state index in [1.165, 1.54) is 0 Å². The van der Waals surface area contributed by atoms with Crippen molar-refractivity contribution < 1.29 is 14.3 Å². The van der Waals surface area contributed by atoms with Crippen molar-refractivity contribution in [3.05, 3.63) is 59.7 Å². The fourth-order valence-electron chi connectivity index (χ4n) is 2.19. The molecule has 5 heteroatoms. The Morgan fingerprint density at radius 1 is 1.04 bits per heavy atom. The first kappa shape index (κ1) is 17.5. The SMILES string of the molecule is CCCCOc1ccccc1C(=O)Nc1cccc(C(=O)NC)c1. The van der Waals surface area contributed by atoms with Crippen LogP contribution in [0.2, 0.25) is 0 Å². The number of benzene rings is 2. The summed E-state index contributed by atoms with van der Waals surface area (Å²) in [4.78, 5) is 24.2. The van der Waals surface area contributed by atoms with Crippen molar-refractivity contribution in [3.63, 3.8) is 0 Å². The van der Waals surface area contributed by atoms with E-state index in [2.05, 4.69) is 17.6 Å². The van der Waals surface area contributed by atoms with Gasteiger partial charge in [0.1, 0.15) is 5.75 Å². The van der Waals surface area contributed by atoms with Crippen LogP contribution < -0.4 is 15.4 Å². The third kappa shape index (κ3) is 4.59. The maximum absolute atomic E-state index is 12.5. The largest absolute Gasteiger partial charge is 0.493 e. The van der Waals surface area contributed by atoms with Crippen molar-refractivity contribution in [3.8, 4) is 5.75 Å². The average Bonchev–Trinajstić information content (AvgIpc) is 2.62. The molecule has 2 N–H and O–H groups in total. The summed E-state index contributed by atoms with van der Waals surface area (Å²) in [6.07, 6.45) is 1.96. The topological polar surface area (TPSA) is 67.4 Å². The lowest BCUT2D eigenvalue weighted by atomic mass is 10.1. The van der Waals surface area contributed by atoms with Crippen LogP contribution in [0.25, 0.3) is 0 Å². The number of amides is 2. The van der Waals surface area contributed by atoms with Crippen molar-refractivity contribution in [1.82, 2.24) is 5.32 Å². The highest BCUT2D eigenvalue weighted by Crippen LogP contribution is 2.20. The van der Waals surface area contributed by atoms with Crippen LogP contribution in [0, 0.1) is 0 Å². The first-order valence-electron chi connectivity index (χ1n) is 8.01. The van der Waals surface area contributed by atoms with Crippen LogP contribution in [0.15, 0.2) is 48.5 Å². The van der Waals surface area contributed by atoms with Gasteiger partial charge in [0.2, 0.25) is 0 Å². The molecule has 0 bridgehead atoms. The second-order valence-corrected chi connectivity index (χ2v) is 5.31. The van der Waals surface area contributed by atoms with E-state index in [1.54, 1.807) is 49.5 Å². The van der Waals surface area contributed by atoms with Gasteiger partial charge >= 0.3 is 0 Å². The predicted molar refractivity (Wildman–Crippen MR) is 94.6 cm³/mol. The highest BCUT2D eigenvalue weighted by atomic mass is 16.5. The summed E-state index contributed by atoms with van der Waals surface area (Å²) >= 11 is 0. The van der Waals surface area contributed by atoms with Gasteiger partial charge in [0, 0.05) is 18.3 Å². The number of carbonyl (C=O) groups excluding carboxylic acids is 2. The van der Waals surface area contributed by atoms with Gasteiger partial charge in [-0.05, 0) is 36.8 Å². The Hall–Kier alpha value is -2.82. The van der Waals surface area contributed by atoms with Gasteiger partial charge in [0.15, 0.2) is 0 Å². The number of para-hydroxylation sites is 1. The number of carbonyl (C=O) groups is 2. The highest BCUT2D eigenvalue weighted by Gasteiger charge is 2.13. The fourth-order valence-corrected chi connectivity index (χ4v) is 2.19. The molecule has 0 saturated carbocycles. The van der Waals surface area contributed by atoms with Gasteiger partial charge in [-0.1, -0.05) is 31.5 Å². The fraction of sp³-hybridized carbons (Fsp3) is 0.263. The molecule has 5 nitrogen and oxygen atoms in total. The van der Waals surface area contributed by atoms with Gasteiger partial charge < -0.3 is 15.4 Å². The van der Waals surface area contributed by atoms with Crippen molar-refractivity contribution >= 4 is 17.5 Å². The molecule has 2 amide bonds. The summed E-state index contributed by atoms with van der Waals surface area (Å²) in [6, 6.07) is 13.9. The van der Waals surface area contributed by atoms with Gasteiger partial charge in [-0.2, -0.15) is 0 Å². The van der Waals surface area contributed by atoms with Crippen LogP contribution in [0.3, 0.4) is 0 Å². The Morgan fingerprint density at radius 2 is 1.83 bits per heavy atom. The third-order valence-corrected chi connectivity index (χ3v) is 3.50. The summed E-state index contributed by atoms with van der Waals surface area (Å²) in [5.74, 6) is 0.0939. The second-order valence-electron chi connectivity index (χ2n) is 5.31. The van der Waals surface area contributed by atoms with E-state index in [-0.39, 0.29) is 11.8 Å². The number of ether oxygens (including phenoxy) is 1. The zero-order valence-electron chi connectivity index (χ0n) is 14.0. The normalized spacial score (nSPS) is 10.1. The molecule has 0 saturated heterocycles. The van der Waals surface area contributed by atoms with Gasteiger partial charge in [-0.25, -0.2) is 0 Å². The number of nitrogens with one attached hydrogen (secondary N) is 2.